The molecule has 0 bridgehead atoms. The third-order valence-corrected chi connectivity index (χ3v) is 5.17. The van der Waals surface area contributed by atoms with E-state index < -0.39 is 0 Å². The van der Waals surface area contributed by atoms with Gasteiger partial charge in [0.1, 0.15) is 0 Å². The summed E-state index contributed by atoms with van der Waals surface area (Å²) in [6.07, 6.45) is 3.56. The average molecular weight is 295 g/mol. The first-order valence-corrected chi connectivity index (χ1v) is 8.34. The largest absolute Gasteiger partial charge is 0.381 e. The van der Waals surface area contributed by atoms with Crippen LogP contribution in [0, 0.1) is 10.8 Å². The van der Waals surface area contributed by atoms with Gasteiger partial charge < -0.3 is 19.7 Å². The Kier molecular flexibility index (Phi) is 4.41. The van der Waals surface area contributed by atoms with E-state index in [2.05, 4.69) is 24.1 Å². The van der Waals surface area contributed by atoms with Crippen molar-refractivity contribution in [3.63, 3.8) is 0 Å². The van der Waals surface area contributed by atoms with Gasteiger partial charge in [0.2, 0.25) is 0 Å². The molecule has 0 saturated carbocycles. The fourth-order valence-corrected chi connectivity index (χ4v) is 3.61. The minimum Gasteiger partial charge on any atom is -0.381 e. The Labute approximate surface area is 128 Å². The fourth-order valence-electron chi connectivity index (χ4n) is 3.61. The number of likely N-dealkylation sites (tertiary alicyclic amines) is 1. The maximum Gasteiger partial charge on any atom is 0.193 e. The molecule has 0 aromatic rings. The van der Waals surface area contributed by atoms with Crippen molar-refractivity contribution in [2.24, 2.45) is 15.8 Å². The predicted molar refractivity (Wildman–Crippen MR) is 83.6 cm³/mol. The summed E-state index contributed by atoms with van der Waals surface area (Å²) >= 11 is 0. The summed E-state index contributed by atoms with van der Waals surface area (Å²) < 4.78 is 11.2. The van der Waals surface area contributed by atoms with Crippen LogP contribution in [-0.4, -0.2) is 63.5 Å². The standard InChI is InChI=1S/C16H29N3O2/c1-3-17-14(18-10-15(2)5-8-20-12-15)19-7-4-16(11-19)6-9-21-13-16/h3-13H2,1-2H3,(H,17,18). The molecule has 0 amide bonds. The van der Waals surface area contributed by atoms with E-state index in [4.69, 9.17) is 14.5 Å². The quantitative estimate of drug-likeness (QED) is 0.633. The zero-order valence-electron chi connectivity index (χ0n) is 13.5. The Bertz CT molecular complexity index is 385. The number of aliphatic imine (C=N–C) groups is 1. The van der Waals surface area contributed by atoms with Crippen LogP contribution >= 0.6 is 0 Å². The van der Waals surface area contributed by atoms with E-state index in [0.29, 0.717) is 5.41 Å². The van der Waals surface area contributed by atoms with E-state index >= 15 is 0 Å². The van der Waals surface area contributed by atoms with Gasteiger partial charge in [-0.3, -0.25) is 4.99 Å². The van der Waals surface area contributed by atoms with Crippen molar-refractivity contribution in [2.45, 2.75) is 33.1 Å². The normalized spacial score (nSPS) is 36.9. The monoisotopic (exact) mass is 295 g/mol. The molecule has 2 unspecified atom stereocenters. The first-order valence-electron chi connectivity index (χ1n) is 8.34. The maximum atomic E-state index is 5.62. The van der Waals surface area contributed by atoms with Crippen molar-refractivity contribution in [1.82, 2.24) is 10.2 Å². The molecule has 3 aliphatic heterocycles. The minimum atomic E-state index is 0.217. The van der Waals surface area contributed by atoms with Crippen molar-refractivity contribution < 1.29 is 9.47 Å². The van der Waals surface area contributed by atoms with Crippen LogP contribution in [0.3, 0.4) is 0 Å². The molecule has 2 atom stereocenters. The Hall–Kier alpha value is -0.810. The number of guanidine groups is 1. The Balaban J connectivity index is 1.64. The summed E-state index contributed by atoms with van der Waals surface area (Å²) in [6.45, 7) is 12.0. The number of hydrogen-bond acceptors (Lipinski definition) is 3. The van der Waals surface area contributed by atoms with E-state index in [9.17, 15) is 0 Å². The van der Waals surface area contributed by atoms with Gasteiger partial charge in [0.15, 0.2) is 5.96 Å². The van der Waals surface area contributed by atoms with Crippen LogP contribution in [0.5, 0.6) is 0 Å². The average Bonchev–Trinajstić information content (AvgIpc) is 3.19. The van der Waals surface area contributed by atoms with Gasteiger partial charge in [0.25, 0.3) is 0 Å². The molecule has 0 radical (unpaired) electrons. The highest BCUT2D eigenvalue weighted by atomic mass is 16.5. The Morgan fingerprint density at radius 2 is 2.00 bits per heavy atom. The fraction of sp³-hybridized carbons (Fsp3) is 0.938. The van der Waals surface area contributed by atoms with Gasteiger partial charge >= 0.3 is 0 Å². The molecule has 3 aliphatic rings. The highest BCUT2D eigenvalue weighted by Gasteiger charge is 2.42. The van der Waals surface area contributed by atoms with Crippen molar-refractivity contribution >= 4 is 5.96 Å². The summed E-state index contributed by atoms with van der Waals surface area (Å²) in [6, 6.07) is 0. The zero-order valence-corrected chi connectivity index (χ0v) is 13.5. The highest BCUT2D eigenvalue weighted by molar-refractivity contribution is 5.80. The first kappa shape index (κ1) is 15.1. The first-order chi connectivity index (χ1) is 10.1. The van der Waals surface area contributed by atoms with E-state index in [-0.39, 0.29) is 5.41 Å². The molecule has 1 N–H and O–H groups in total. The highest BCUT2D eigenvalue weighted by Crippen LogP contribution is 2.38. The van der Waals surface area contributed by atoms with E-state index in [1.165, 1.54) is 12.8 Å². The Morgan fingerprint density at radius 3 is 2.67 bits per heavy atom. The zero-order chi connectivity index (χ0) is 14.8. The molecular formula is C16H29N3O2. The van der Waals surface area contributed by atoms with Crippen LogP contribution in [0.1, 0.15) is 33.1 Å². The third kappa shape index (κ3) is 3.34. The molecule has 0 aliphatic carbocycles. The van der Waals surface area contributed by atoms with Crippen molar-refractivity contribution in [2.75, 3.05) is 52.6 Å². The number of nitrogens with one attached hydrogen (secondary N) is 1. The molecule has 3 saturated heterocycles. The molecule has 3 rings (SSSR count). The van der Waals surface area contributed by atoms with Gasteiger partial charge in [-0.25, -0.2) is 0 Å². The van der Waals surface area contributed by atoms with Crippen molar-refractivity contribution in [3.8, 4) is 0 Å². The summed E-state index contributed by atoms with van der Waals surface area (Å²) in [5.41, 5.74) is 0.602. The summed E-state index contributed by atoms with van der Waals surface area (Å²) in [7, 11) is 0. The molecule has 1 spiro atoms. The molecule has 21 heavy (non-hydrogen) atoms. The lowest BCUT2D eigenvalue weighted by Gasteiger charge is -2.26. The molecule has 3 heterocycles. The van der Waals surface area contributed by atoms with Crippen LogP contribution in [0.25, 0.3) is 0 Å². The number of ether oxygens (including phenoxy) is 2. The maximum absolute atomic E-state index is 5.62. The number of nitrogens with zero attached hydrogens (tertiary/aromatic N) is 2. The van der Waals surface area contributed by atoms with E-state index in [0.717, 1.165) is 65.0 Å². The van der Waals surface area contributed by atoms with Crippen LogP contribution in [0.15, 0.2) is 4.99 Å². The summed E-state index contributed by atoms with van der Waals surface area (Å²) in [5, 5.41) is 3.47. The summed E-state index contributed by atoms with van der Waals surface area (Å²) in [5.74, 6) is 1.08. The number of hydrogen-bond donors (Lipinski definition) is 1. The third-order valence-electron chi connectivity index (χ3n) is 5.17. The molecule has 5 heteroatoms. The lowest BCUT2D eigenvalue weighted by atomic mass is 9.87. The summed E-state index contributed by atoms with van der Waals surface area (Å²) in [4.78, 5) is 7.34. The minimum absolute atomic E-state index is 0.217. The van der Waals surface area contributed by atoms with Gasteiger partial charge in [-0.2, -0.15) is 0 Å². The van der Waals surface area contributed by atoms with E-state index in [1.807, 2.05) is 0 Å². The molecule has 120 valence electrons. The van der Waals surface area contributed by atoms with Gasteiger partial charge in [0, 0.05) is 43.7 Å². The molecule has 5 nitrogen and oxygen atoms in total. The lowest BCUT2D eigenvalue weighted by Crippen LogP contribution is -2.42. The molecule has 0 aromatic carbocycles. The van der Waals surface area contributed by atoms with Crippen molar-refractivity contribution in [3.05, 3.63) is 0 Å². The second-order valence-electron chi connectivity index (χ2n) is 7.26. The van der Waals surface area contributed by atoms with Gasteiger partial charge in [0.05, 0.1) is 19.8 Å². The van der Waals surface area contributed by atoms with Gasteiger partial charge in [-0.15, -0.1) is 0 Å². The smallest absolute Gasteiger partial charge is 0.193 e. The SMILES string of the molecule is CCNC(=NCC1(C)CCOC1)N1CCC2(CCOC2)C1. The molecule has 3 fully saturated rings. The van der Waals surface area contributed by atoms with Crippen LogP contribution in [0.4, 0.5) is 0 Å². The lowest BCUT2D eigenvalue weighted by molar-refractivity contribution is 0.156. The topological polar surface area (TPSA) is 46.1 Å². The second kappa shape index (κ2) is 6.13. The molecule has 0 aromatic heterocycles. The Morgan fingerprint density at radius 1 is 1.19 bits per heavy atom. The van der Waals surface area contributed by atoms with Crippen molar-refractivity contribution in [1.29, 1.82) is 0 Å². The number of rotatable bonds is 3. The van der Waals surface area contributed by atoms with Gasteiger partial charge in [-0.05, 0) is 26.2 Å². The van der Waals surface area contributed by atoms with Crippen LogP contribution < -0.4 is 5.32 Å². The second-order valence-corrected chi connectivity index (χ2v) is 7.26. The van der Waals surface area contributed by atoms with E-state index in [1.54, 1.807) is 0 Å². The predicted octanol–water partition coefficient (Wildman–Crippen LogP) is 1.49. The van der Waals surface area contributed by atoms with Crippen LogP contribution in [-0.2, 0) is 9.47 Å². The van der Waals surface area contributed by atoms with Gasteiger partial charge in [-0.1, -0.05) is 6.92 Å². The molecular weight excluding hydrogens is 266 g/mol. The van der Waals surface area contributed by atoms with Crippen LogP contribution in [0.2, 0.25) is 0 Å².